The van der Waals surface area contributed by atoms with Crippen molar-refractivity contribution in [1.82, 2.24) is 4.90 Å². The molecule has 1 fully saturated rings. The van der Waals surface area contributed by atoms with E-state index in [0.717, 1.165) is 6.42 Å². The third-order valence-corrected chi connectivity index (χ3v) is 4.72. The van der Waals surface area contributed by atoms with Crippen LogP contribution in [0, 0.1) is 12.3 Å². The van der Waals surface area contributed by atoms with Crippen LogP contribution in [0.4, 0.5) is 0 Å². The van der Waals surface area contributed by atoms with Crippen molar-refractivity contribution in [3.8, 4) is 12.3 Å². The average molecular weight is 259 g/mol. The van der Waals surface area contributed by atoms with Crippen molar-refractivity contribution in [3.05, 3.63) is 0 Å². The maximum atomic E-state index is 11.6. The fourth-order valence-electron chi connectivity index (χ4n) is 2.40. The van der Waals surface area contributed by atoms with Crippen LogP contribution in [0.5, 0.6) is 0 Å². The van der Waals surface area contributed by atoms with Crippen molar-refractivity contribution in [2.45, 2.75) is 30.6 Å². The van der Waals surface area contributed by atoms with E-state index in [1.54, 1.807) is 4.90 Å². The second-order valence-electron chi connectivity index (χ2n) is 4.37. The van der Waals surface area contributed by atoms with E-state index in [-0.39, 0.29) is 19.1 Å². The van der Waals surface area contributed by atoms with Gasteiger partial charge in [-0.1, -0.05) is 12.3 Å². The first-order chi connectivity index (χ1) is 7.86. The van der Waals surface area contributed by atoms with Gasteiger partial charge in [0, 0.05) is 12.3 Å². The summed E-state index contributed by atoms with van der Waals surface area (Å²) in [5.41, 5.74) is 0. The standard InChI is InChI=1S/C11H17NO4S/c1-3-7-12(8-11(13)14)9-5-4-6-10(9)17(2,15)16/h1,9-10H,4-8H2,2H3,(H,13,14). The second-order valence-corrected chi connectivity index (χ2v) is 6.63. The van der Waals surface area contributed by atoms with Crippen molar-refractivity contribution in [3.63, 3.8) is 0 Å². The summed E-state index contributed by atoms with van der Waals surface area (Å²) in [4.78, 5) is 12.3. The predicted molar refractivity (Wildman–Crippen MR) is 64.3 cm³/mol. The first kappa shape index (κ1) is 14.0. The van der Waals surface area contributed by atoms with Crippen molar-refractivity contribution < 1.29 is 18.3 Å². The molecule has 2 unspecified atom stereocenters. The highest BCUT2D eigenvalue weighted by molar-refractivity contribution is 7.91. The maximum absolute atomic E-state index is 11.6. The first-order valence-electron chi connectivity index (χ1n) is 5.44. The Bertz CT molecular complexity index is 423. The molecule has 1 aliphatic rings. The molecule has 0 radical (unpaired) electrons. The molecule has 0 aromatic carbocycles. The molecule has 5 nitrogen and oxygen atoms in total. The van der Waals surface area contributed by atoms with Gasteiger partial charge < -0.3 is 5.11 Å². The van der Waals surface area contributed by atoms with Gasteiger partial charge in [0.25, 0.3) is 0 Å². The summed E-state index contributed by atoms with van der Waals surface area (Å²) in [6.45, 7) is -0.0378. The van der Waals surface area contributed by atoms with Crippen molar-refractivity contribution in [2.75, 3.05) is 19.3 Å². The summed E-state index contributed by atoms with van der Waals surface area (Å²) >= 11 is 0. The number of hydrogen-bond acceptors (Lipinski definition) is 4. The lowest BCUT2D eigenvalue weighted by atomic mass is 10.2. The van der Waals surface area contributed by atoms with Crippen LogP contribution in [0.25, 0.3) is 0 Å². The Morgan fingerprint density at radius 3 is 2.65 bits per heavy atom. The number of carboxylic acids is 1. The Morgan fingerprint density at radius 1 is 1.53 bits per heavy atom. The van der Waals surface area contributed by atoms with E-state index in [0.29, 0.717) is 12.8 Å². The van der Waals surface area contributed by atoms with Gasteiger partial charge in [0.1, 0.15) is 0 Å². The molecule has 0 aliphatic heterocycles. The fourth-order valence-corrected chi connectivity index (χ4v) is 3.88. The van der Waals surface area contributed by atoms with Gasteiger partial charge in [-0.15, -0.1) is 6.42 Å². The van der Waals surface area contributed by atoms with Gasteiger partial charge in [-0.05, 0) is 12.8 Å². The maximum Gasteiger partial charge on any atom is 0.317 e. The van der Waals surface area contributed by atoms with Crippen molar-refractivity contribution in [2.24, 2.45) is 0 Å². The Morgan fingerprint density at radius 2 is 2.18 bits per heavy atom. The van der Waals surface area contributed by atoms with Gasteiger partial charge in [0.15, 0.2) is 9.84 Å². The highest BCUT2D eigenvalue weighted by atomic mass is 32.2. The van der Waals surface area contributed by atoms with Crippen molar-refractivity contribution >= 4 is 15.8 Å². The number of rotatable bonds is 5. The molecule has 96 valence electrons. The van der Waals surface area contributed by atoms with Crippen LogP contribution >= 0.6 is 0 Å². The van der Waals surface area contributed by atoms with E-state index in [1.165, 1.54) is 6.26 Å². The molecule has 0 amide bonds. The van der Waals surface area contributed by atoms with Crippen LogP contribution in [-0.2, 0) is 14.6 Å². The summed E-state index contributed by atoms with van der Waals surface area (Å²) in [6, 6.07) is -0.267. The molecule has 6 heteroatoms. The van der Waals surface area contributed by atoms with Crippen molar-refractivity contribution in [1.29, 1.82) is 0 Å². The number of nitrogens with zero attached hydrogens (tertiary/aromatic N) is 1. The SMILES string of the molecule is C#CCN(CC(=O)O)C1CCCC1S(C)(=O)=O. The molecule has 1 N–H and O–H groups in total. The smallest absolute Gasteiger partial charge is 0.317 e. The summed E-state index contributed by atoms with van der Waals surface area (Å²) in [6.07, 6.45) is 8.46. The highest BCUT2D eigenvalue weighted by Crippen LogP contribution is 2.29. The highest BCUT2D eigenvalue weighted by Gasteiger charge is 2.38. The van der Waals surface area contributed by atoms with Gasteiger partial charge in [-0.2, -0.15) is 0 Å². The van der Waals surface area contributed by atoms with Gasteiger partial charge in [-0.25, -0.2) is 8.42 Å². The number of terminal acetylenes is 1. The summed E-state index contributed by atoms with van der Waals surface area (Å²) < 4.78 is 23.2. The number of aliphatic carboxylic acids is 1. The fraction of sp³-hybridized carbons (Fsp3) is 0.727. The molecular formula is C11H17NO4S. The molecule has 0 bridgehead atoms. The molecule has 1 rings (SSSR count). The lowest BCUT2D eigenvalue weighted by Crippen LogP contribution is -2.46. The molecule has 1 saturated carbocycles. The van der Waals surface area contributed by atoms with E-state index in [1.807, 2.05) is 0 Å². The largest absolute Gasteiger partial charge is 0.480 e. The normalized spacial score (nSPS) is 24.8. The number of sulfone groups is 1. The zero-order valence-corrected chi connectivity index (χ0v) is 10.6. The van der Waals surface area contributed by atoms with Crippen LogP contribution in [0.3, 0.4) is 0 Å². The number of carboxylic acid groups (broad SMARTS) is 1. The van der Waals surface area contributed by atoms with Gasteiger partial charge in [0.2, 0.25) is 0 Å². The minimum Gasteiger partial charge on any atom is -0.480 e. The predicted octanol–water partition coefficient (Wildman–Crippen LogP) is -0.0281. The number of carbonyl (C=O) groups is 1. The molecule has 0 heterocycles. The van der Waals surface area contributed by atoms with E-state index in [9.17, 15) is 13.2 Å². The molecular weight excluding hydrogens is 242 g/mol. The lowest BCUT2D eigenvalue weighted by molar-refractivity contribution is -0.138. The zero-order chi connectivity index (χ0) is 13.1. The van der Waals surface area contributed by atoms with Crippen LogP contribution < -0.4 is 0 Å². The Labute approximate surface area is 102 Å². The molecule has 2 atom stereocenters. The van der Waals surface area contributed by atoms with E-state index in [2.05, 4.69) is 5.92 Å². The third-order valence-electron chi connectivity index (χ3n) is 3.07. The van der Waals surface area contributed by atoms with E-state index in [4.69, 9.17) is 11.5 Å². The van der Waals surface area contributed by atoms with Crippen LogP contribution in [0.15, 0.2) is 0 Å². The van der Waals surface area contributed by atoms with Gasteiger partial charge in [0.05, 0.1) is 18.3 Å². The minimum absolute atomic E-state index is 0.170. The molecule has 0 aromatic heterocycles. The zero-order valence-electron chi connectivity index (χ0n) is 9.80. The minimum atomic E-state index is -3.15. The number of hydrogen-bond donors (Lipinski definition) is 1. The summed E-state index contributed by atoms with van der Waals surface area (Å²) in [5, 5.41) is 8.31. The summed E-state index contributed by atoms with van der Waals surface area (Å²) in [5.74, 6) is 1.40. The lowest BCUT2D eigenvalue weighted by Gasteiger charge is -2.29. The molecule has 0 saturated heterocycles. The van der Waals surface area contributed by atoms with E-state index < -0.39 is 21.1 Å². The monoisotopic (exact) mass is 259 g/mol. The topological polar surface area (TPSA) is 74.7 Å². The second kappa shape index (κ2) is 5.52. The first-order valence-corrected chi connectivity index (χ1v) is 7.40. The van der Waals surface area contributed by atoms with Gasteiger partial charge >= 0.3 is 5.97 Å². The Balaban J connectivity index is 2.86. The average Bonchev–Trinajstić information content (AvgIpc) is 2.63. The molecule has 0 aromatic rings. The Hall–Kier alpha value is -1.06. The molecule has 1 aliphatic carbocycles. The molecule has 17 heavy (non-hydrogen) atoms. The Kier molecular flexibility index (Phi) is 4.54. The third kappa shape index (κ3) is 3.72. The summed E-state index contributed by atoms with van der Waals surface area (Å²) in [7, 11) is -3.15. The van der Waals surface area contributed by atoms with Gasteiger partial charge in [-0.3, -0.25) is 9.69 Å². The van der Waals surface area contributed by atoms with Crippen LogP contribution in [0.1, 0.15) is 19.3 Å². The van der Waals surface area contributed by atoms with Crippen LogP contribution in [0.2, 0.25) is 0 Å². The quantitative estimate of drug-likeness (QED) is 0.702. The molecule has 0 spiro atoms. The van der Waals surface area contributed by atoms with Crippen LogP contribution in [-0.4, -0.2) is 55.0 Å². The van der Waals surface area contributed by atoms with E-state index >= 15 is 0 Å².